The van der Waals surface area contributed by atoms with Crippen LogP contribution in [0.15, 0.2) is 0 Å². The zero-order valence-electron chi connectivity index (χ0n) is 13.3. The molecule has 1 amide bonds. The van der Waals surface area contributed by atoms with Crippen molar-refractivity contribution in [2.45, 2.75) is 78.0 Å². The van der Waals surface area contributed by atoms with E-state index in [0.29, 0.717) is 12.0 Å². The van der Waals surface area contributed by atoms with Crippen molar-refractivity contribution in [3.63, 3.8) is 0 Å². The zero-order valence-corrected chi connectivity index (χ0v) is 13.3. The first-order valence-corrected chi connectivity index (χ1v) is 7.38. The fraction of sp³-hybridized carbons (Fsp3) is 0.933. The first kappa shape index (κ1) is 16.3. The van der Waals surface area contributed by atoms with E-state index in [-0.39, 0.29) is 11.6 Å². The summed E-state index contributed by atoms with van der Waals surface area (Å²) in [5, 5.41) is 6.58. The normalized spacial score (nSPS) is 19.7. The lowest BCUT2D eigenvalue weighted by Gasteiger charge is -2.43. The van der Waals surface area contributed by atoms with Gasteiger partial charge in [0.05, 0.1) is 5.54 Å². The number of nitrogens with one attached hydrogen (secondary N) is 2. The lowest BCUT2D eigenvalue weighted by molar-refractivity contribution is 0.0377. The van der Waals surface area contributed by atoms with Crippen LogP contribution >= 0.6 is 0 Å². The molecule has 0 heterocycles. The van der Waals surface area contributed by atoms with Crippen molar-refractivity contribution in [2.75, 3.05) is 6.54 Å². The summed E-state index contributed by atoms with van der Waals surface area (Å²) >= 11 is 0. The molecule has 0 aromatic rings. The maximum Gasteiger partial charge on any atom is 0.408 e. The SMILES string of the molecule is CC(C)C(C)NCC1(NC(=O)OC(C)(C)C)CCC1. The lowest BCUT2D eigenvalue weighted by Crippen LogP contribution is -2.61. The van der Waals surface area contributed by atoms with E-state index in [4.69, 9.17) is 4.74 Å². The van der Waals surface area contributed by atoms with Crippen LogP contribution in [0.1, 0.15) is 60.8 Å². The summed E-state index contributed by atoms with van der Waals surface area (Å²) in [6, 6.07) is 0.456. The predicted molar refractivity (Wildman–Crippen MR) is 78.3 cm³/mol. The maximum absolute atomic E-state index is 11.9. The number of amides is 1. The van der Waals surface area contributed by atoms with Gasteiger partial charge in [0.15, 0.2) is 0 Å². The Labute approximate surface area is 117 Å². The van der Waals surface area contributed by atoms with Gasteiger partial charge in [-0.1, -0.05) is 13.8 Å². The van der Waals surface area contributed by atoms with E-state index < -0.39 is 5.60 Å². The molecule has 1 aliphatic rings. The van der Waals surface area contributed by atoms with Crippen LogP contribution in [0.4, 0.5) is 4.79 Å². The van der Waals surface area contributed by atoms with Crippen molar-refractivity contribution >= 4 is 6.09 Å². The molecule has 0 aliphatic heterocycles. The molecule has 2 N–H and O–H groups in total. The molecule has 1 rings (SSSR count). The van der Waals surface area contributed by atoms with Crippen LogP contribution in [-0.2, 0) is 4.74 Å². The number of hydrogen-bond donors (Lipinski definition) is 2. The molecule has 0 bridgehead atoms. The summed E-state index contributed by atoms with van der Waals surface area (Å²) < 4.78 is 5.35. The highest BCUT2D eigenvalue weighted by molar-refractivity contribution is 5.69. The highest BCUT2D eigenvalue weighted by Crippen LogP contribution is 2.31. The van der Waals surface area contributed by atoms with Gasteiger partial charge in [0.2, 0.25) is 0 Å². The van der Waals surface area contributed by atoms with Crippen LogP contribution in [0.25, 0.3) is 0 Å². The fourth-order valence-electron chi connectivity index (χ4n) is 2.06. The van der Waals surface area contributed by atoms with E-state index in [9.17, 15) is 4.79 Å². The van der Waals surface area contributed by atoms with Crippen LogP contribution in [0.2, 0.25) is 0 Å². The number of carbonyl (C=O) groups excluding carboxylic acids is 1. The first-order chi connectivity index (χ1) is 8.64. The Bertz CT molecular complexity index is 304. The summed E-state index contributed by atoms with van der Waals surface area (Å²) in [4.78, 5) is 11.9. The Morgan fingerprint density at radius 3 is 2.21 bits per heavy atom. The van der Waals surface area contributed by atoms with Crippen molar-refractivity contribution in [2.24, 2.45) is 5.92 Å². The molecule has 4 nitrogen and oxygen atoms in total. The molecule has 1 saturated carbocycles. The van der Waals surface area contributed by atoms with Crippen LogP contribution in [0.5, 0.6) is 0 Å². The third kappa shape index (κ3) is 5.39. The highest BCUT2D eigenvalue weighted by atomic mass is 16.6. The molecule has 0 saturated heterocycles. The van der Waals surface area contributed by atoms with Gasteiger partial charge in [-0.05, 0) is 52.9 Å². The second kappa shape index (κ2) is 6.12. The van der Waals surface area contributed by atoms with Gasteiger partial charge in [-0.15, -0.1) is 0 Å². The molecule has 4 heteroatoms. The third-order valence-corrected chi connectivity index (χ3v) is 3.84. The summed E-state index contributed by atoms with van der Waals surface area (Å²) in [7, 11) is 0. The minimum Gasteiger partial charge on any atom is -0.444 e. The van der Waals surface area contributed by atoms with E-state index in [1.165, 1.54) is 6.42 Å². The lowest BCUT2D eigenvalue weighted by atomic mass is 9.76. The largest absolute Gasteiger partial charge is 0.444 e. The first-order valence-electron chi connectivity index (χ1n) is 7.38. The third-order valence-electron chi connectivity index (χ3n) is 3.84. The van der Waals surface area contributed by atoms with Gasteiger partial charge in [-0.3, -0.25) is 0 Å². The monoisotopic (exact) mass is 270 g/mol. The van der Waals surface area contributed by atoms with Crippen molar-refractivity contribution < 1.29 is 9.53 Å². The quantitative estimate of drug-likeness (QED) is 0.807. The Morgan fingerprint density at radius 2 is 1.84 bits per heavy atom. The molecule has 1 atom stereocenters. The molecule has 1 aliphatic carbocycles. The predicted octanol–water partition coefficient (Wildman–Crippen LogP) is 3.07. The van der Waals surface area contributed by atoms with Gasteiger partial charge in [-0.2, -0.15) is 0 Å². The molecule has 1 fully saturated rings. The van der Waals surface area contributed by atoms with Crippen LogP contribution < -0.4 is 10.6 Å². The Kier molecular flexibility index (Phi) is 5.25. The standard InChI is InChI=1S/C15H30N2O2/c1-11(2)12(3)16-10-15(8-7-9-15)17-13(18)19-14(4,5)6/h11-12,16H,7-10H2,1-6H3,(H,17,18). The van der Waals surface area contributed by atoms with Crippen LogP contribution in [-0.4, -0.2) is 29.8 Å². The second-order valence-electron chi connectivity index (χ2n) is 7.17. The van der Waals surface area contributed by atoms with Gasteiger partial charge in [0.25, 0.3) is 0 Å². The molecule has 19 heavy (non-hydrogen) atoms. The topological polar surface area (TPSA) is 50.4 Å². The number of hydrogen-bond acceptors (Lipinski definition) is 3. The molecule has 1 unspecified atom stereocenters. The van der Waals surface area contributed by atoms with E-state index >= 15 is 0 Å². The molecular weight excluding hydrogens is 240 g/mol. The Balaban J connectivity index is 2.45. The Morgan fingerprint density at radius 1 is 1.26 bits per heavy atom. The van der Waals surface area contributed by atoms with Crippen molar-refractivity contribution in [3.05, 3.63) is 0 Å². The van der Waals surface area contributed by atoms with Gasteiger partial charge in [0, 0.05) is 12.6 Å². The average Bonchev–Trinajstić information content (AvgIpc) is 2.18. The smallest absolute Gasteiger partial charge is 0.408 e. The van der Waals surface area contributed by atoms with E-state index in [1.807, 2.05) is 20.8 Å². The van der Waals surface area contributed by atoms with Gasteiger partial charge < -0.3 is 15.4 Å². The number of carbonyl (C=O) groups is 1. The summed E-state index contributed by atoms with van der Waals surface area (Å²) in [5.74, 6) is 0.596. The molecule has 0 radical (unpaired) electrons. The summed E-state index contributed by atoms with van der Waals surface area (Å²) in [6.45, 7) is 13.1. The highest BCUT2D eigenvalue weighted by Gasteiger charge is 2.39. The zero-order chi connectivity index (χ0) is 14.7. The Hall–Kier alpha value is -0.770. The van der Waals surface area contributed by atoms with Crippen molar-refractivity contribution in [3.8, 4) is 0 Å². The molecule has 112 valence electrons. The molecule has 0 aromatic carbocycles. The maximum atomic E-state index is 11.9. The number of alkyl carbamates (subject to hydrolysis) is 1. The number of ether oxygens (including phenoxy) is 1. The molecule has 0 aromatic heterocycles. The van der Waals surface area contributed by atoms with E-state index in [1.54, 1.807) is 0 Å². The van der Waals surface area contributed by atoms with Crippen molar-refractivity contribution in [1.29, 1.82) is 0 Å². The van der Waals surface area contributed by atoms with Gasteiger partial charge in [0.1, 0.15) is 5.60 Å². The minimum atomic E-state index is -0.437. The van der Waals surface area contributed by atoms with E-state index in [0.717, 1.165) is 19.4 Å². The molecule has 0 spiro atoms. The minimum absolute atomic E-state index is 0.106. The van der Waals surface area contributed by atoms with Gasteiger partial charge >= 0.3 is 6.09 Å². The summed E-state index contributed by atoms with van der Waals surface area (Å²) in [6.07, 6.45) is 2.94. The van der Waals surface area contributed by atoms with Crippen molar-refractivity contribution in [1.82, 2.24) is 10.6 Å². The summed E-state index contributed by atoms with van der Waals surface area (Å²) in [5.41, 5.74) is -0.543. The van der Waals surface area contributed by atoms with Crippen LogP contribution in [0.3, 0.4) is 0 Å². The fourth-order valence-corrected chi connectivity index (χ4v) is 2.06. The van der Waals surface area contributed by atoms with E-state index in [2.05, 4.69) is 31.4 Å². The van der Waals surface area contributed by atoms with Crippen LogP contribution in [0, 0.1) is 5.92 Å². The van der Waals surface area contributed by atoms with Gasteiger partial charge in [-0.25, -0.2) is 4.79 Å². The molecular formula is C15H30N2O2. The number of rotatable bonds is 5. The second-order valence-corrected chi connectivity index (χ2v) is 7.17. The average molecular weight is 270 g/mol.